The summed E-state index contributed by atoms with van der Waals surface area (Å²) in [5.41, 5.74) is 2.02. The lowest BCUT2D eigenvalue weighted by Crippen LogP contribution is -1.94. The SMILES string of the molecule is CCOc1c[nH]c2ccc(-n3cncn3)cc12. The van der Waals surface area contributed by atoms with E-state index in [1.807, 2.05) is 31.3 Å². The number of ether oxygens (including phenoxy) is 1. The Bertz CT molecular complexity index is 627. The molecule has 0 radical (unpaired) electrons. The Hall–Kier alpha value is -2.30. The van der Waals surface area contributed by atoms with E-state index >= 15 is 0 Å². The predicted octanol–water partition coefficient (Wildman–Crippen LogP) is 2.15. The Morgan fingerprint density at radius 2 is 2.35 bits per heavy atom. The summed E-state index contributed by atoms with van der Waals surface area (Å²) < 4.78 is 7.28. The minimum atomic E-state index is 0.653. The lowest BCUT2D eigenvalue weighted by molar-refractivity contribution is 0.344. The van der Waals surface area contributed by atoms with Crippen LogP contribution < -0.4 is 4.74 Å². The average molecular weight is 228 g/mol. The molecule has 0 saturated heterocycles. The van der Waals surface area contributed by atoms with Gasteiger partial charge in [0.25, 0.3) is 0 Å². The summed E-state index contributed by atoms with van der Waals surface area (Å²) in [5, 5.41) is 5.16. The zero-order valence-corrected chi connectivity index (χ0v) is 9.42. The van der Waals surface area contributed by atoms with Crippen LogP contribution in [0.25, 0.3) is 16.6 Å². The molecule has 0 saturated carbocycles. The number of rotatable bonds is 3. The highest BCUT2D eigenvalue weighted by Crippen LogP contribution is 2.27. The average Bonchev–Trinajstić information content (AvgIpc) is 2.98. The molecule has 0 aliphatic carbocycles. The van der Waals surface area contributed by atoms with Crippen LogP contribution in [0.15, 0.2) is 37.1 Å². The van der Waals surface area contributed by atoms with Gasteiger partial charge in [-0.25, -0.2) is 9.67 Å². The third-order valence-electron chi connectivity index (χ3n) is 2.61. The molecule has 0 aliphatic rings. The standard InChI is InChI=1S/C12H12N4O/c1-2-17-12-6-14-11-4-3-9(5-10(11)12)16-8-13-7-15-16/h3-8,14H,2H2,1H3. The first-order chi connectivity index (χ1) is 8.38. The summed E-state index contributed by atoms with van der Waals surface area (Å²) in [6.07, 6.45) is 5.07. The fourth-order valence-electron chi connectivity index (χ4n) is 1.84. The minimum absolute atomic E-state index is 0.653. The minimum Gasteiger partial charge on any atom is -0.492 e. The zero-order chi connectivity index (χ0) is 11.7. The van der Waals surface area contributed by atoms with Crippen molar-refractivity contribution < 1.29 is 4.74 Å². The van der Waals surface area contributed by atoms with Crippen molar-refractivity contribution in [2.24, 2.45) is 0 Å². The highest BCUT2D eigenvalue weighted by Gasteiger charge is 2.06. The third-order valence-corrected chi connectivity index (χ3v) is 2.61. The molecular formula is C12H12N4O. The molecule has 5 nitrogen and oxygen atoms in total. The summed E-state index contributed by atoms with van der Waals surface area (Å²) in [7, 11) is 0. The number of aromatic nitrogens is 4. The first kappa shape index (κ1) is 9.89. The van der Waals surface area contributed by atoms with Crippen LogP contribution in [0, 0.1) is 0 Å². The topological polar surface area (TPSA) is 55.7 Å². The first-order valence-electron chi connectivity index (χ1n) is 5.47. The molecule has 5 heteroatoms. The second kappa shape index (κ2) is 3.93. The molecular weight excluding hydrogens is 216 g/mol. The smallest absolute Gasteiger partial charge is 0.144 e. The van der Waals surface area contributed by atoms with E-state index in [9.17, 15) is 0 Å². The lowest BCUT2D eigenvalue weighted by Gasteiger charge is -2.03. The number of H-pyrrole nitrogens is 1. The van der Waals surface area contributed by atoms with Crippen LogP contribution in [0.2, 0.25) is 0 Å². The van der Waals surface area contributed by atoms with E-state index in [0.717, 1.165) is 22.3 Å². The normalized spacial score (nSPS) is 10.9. The highest BCUT2D eigenvalue weighted by molar-refractivity contribution is 5.87. The van der Waals surface area contributed by atoms with Gasteiger partial charge in [0.15, 0.2) is 0 Å². The maximum absolute atomic E-state index is 5.55. The molecule has 1 N–H and O–H groups in total. The number of aromatic amines is 1. The molecule has 3 rings (SSSR count). The molecule has 2 aromatic heterocycles. The van der Waals surface area contributed by atoms with Gasteiger partial charge < -0.3 is 9.72 Å². The Morgan fingerprint density at radius 3 is 3.12 bits per heavy atom. The predicted molar refractivity (Wildman–Crippen MR) is 64.4 cm³/mol. The second-order valence-corrected chi connectivity index (χ2v) is 3.66. The molecule has 1 aromatic carbocycles. The molecule has 3 aromatic rings. The highest BCUT2D eigenvalue weighted by atomic mass is 16.5. The molecule has 0 unspecified atom stereocenters. The van der Waals surface area contributed by atoms with E-state index < -0.39 is 0 Å². The third kappa shape index (κ3) is 1.65. The monoisotopic (exact) mass is 228 g/mol. The van der Waals surface area contributed by atoms with E-state index in [1.165, 1.54) is 6.33 Å². The van der Waals surface area contributed by atoms with Crippen molar-refractivity contribution in [2.75, 3.05) is 6.61 Å². The molecule has 0 aliphatic heterocycles. The van der Waals surface area contributed by atoms with Crippen molar-refractivity contribution in [3.8, 4) is 11.4 Å². The van der Waals surface area contributed by atoms with Gasteiger partial charge in [0, 0.05) is 17.1 Å². The summed E-state index contributed by atoms with van der Waals surface area (Å²) in [5.74, 6) is 0.865. The first-order valence-corrected chi connectivity index (χ1v) is 5.47. The zero-order valence-electron chi connectivity index (χ0n) is 9.42. The molecule has 0 bridgehead atoms. The summed E-state index contributed by atoms with van der Waals surface area (Å²) in [6, 6.07) is 6.03. The van der Waals surface area contributed by atoms with Crippen molar-refractivity contribution >= 4 is 10.9 Å². The maximum Gasteiger partial charge on any atom is 0.144 e. The van der Waals surface area contributed by atoms with E-state index in [4.69, 9.17) is 4.74 Å². The number of hydrogen-bond donors (Lipinski definition) is 1. The van der Waals surface area contributed by atoms with Crippen LogP contribution in [-0.2, 0) is 0 Å². The van der Waals surface area contributed by atoms with Crippen LogP contribution >= 0.6 is 0 Å². The van der Waals surface area contributed by atoms with Gasteiger partial charge >= 0.3 is 0 Å². The molecule has 2 heterocycles. The van der Waals surface area contributed by atoms with Crippen LogP contribution in [0.1, 0.15) is 6.92 Å². The molecule has 0 amide bonds. The Morgan fingerprint density at radius 1 is 1.41 bits per heavy atom. The number of benzene rings is 1. The lowest BCUT2D eigenvalue weighted by atomic mass is 10.2. The van der Waals surface area contributed by atoms with Crippen molar-refractivity contribution in [3.63, 3.8) is 0 Å². The summed E-state index contributed by atoms with van der Waals surface area (Å²) in [6.45, 7) is 2.63. The number of hydrogen-bond acceptors (Lipinski definition) is 3. The molecule has 86 valence electrons. The van der Waals surface area contributed by atoms with Gasteiger partial charge in [-0.05, 0) is 25.1 Å². The number of fused-ring (bicyclic) bond motifs is 1. The van der Waals surface area contributed by atoms with E-state index in [2.05, 4.69) is 15.1 Å². The van der Waals surface area contributed by atoms with E-state index in [0.29, 0.717) is 6.61 Å². The van der Waals surface area contributed by atoms with Gasteiger partial charge in [-0.2, -0.15) is 5.10 Å². The van der Waals surface area contributed by atoms with E-state index in [1.54, 1.807) is 11.0 Å². The van der Waals surface area contributed by atoms with Gasteiger partial charge in [0.05, 0.1) is 12.3 Å². The van der Waals surface area contributed by atoms with Crippen LogP contribution in [-0.4, -0.2) is 26.4 Å². The number of nitrogens with zero attached hydrogens (tertiary/aromatic N) is 3. The van der Waals surface area contributed by atoms with Crippen molar-refractivity contribution in [1.29, 1.82) is 0 Å². The largest absolute Gasteiger partial charge is 0.492 e. The fraction of sp³-hybridized carbons (Fsp3) is 0.167. The Labute approximate surface area is 98.0 Å². The van der Waals surface area contributed by atoms with Gasteiger partial charge in [-0.3, -0.25) is 0 Å². The van der Waals surface area contributed by atoms with Crippen molar-refractivity contribution in [2.45, 2.75) is 6.92 Å². The molecule has 0 atom stereocenters. The summed E-state index contributed by atoms with van der Waals surface area (Å²) >= 11 is 0. The van der Waals surface area contributed by atoms with Crippen LogP contribution in [0.4, 0.5) is 0 Å². The Balaban J connectivity index is 2.13. The summed E-state index contributed by atoms with van der Waals surface area (Å²) in [4.78, 5) is 7.11. The van der Waals surface area contributed by atoms with Crippen molar-refractivity contribution in [3.05, 3.63) is 37.1 Å². The Kier molecular flexibility index (Phi) is 2.29. The molecule has 17 heavy (non-hydrogen) atoms. The van der Waals surface area contributed by atoms with Gasteiger partial charge in [0.1, 0.15) is 18.4 Å². The van der Waals surface area contributed by atoms with Gasteiger partial charge in [-0.15, -0.1) is 0 Å². The quantitative estimate of drug-likeness (QED) is 0.747. The van der Waals surface area contributed by atoms with Crippen molar-refractivity contribution in [1.82, 2.24) is 19.7 Å². The van der Waals surface area contributed by atoms with E-state index in [-0.39, 0.29) is 0 Å². The maximum atomic E-state index is 5.55. The van der Waals surface area contributed by atoms with Crippen LogP contribution in [0.5, 0.6) is 5.75 Å². The fourth-order valence-corrected chi connectivity index (χ4v) is 1.84. The van der Waals surface area contributed by atoms with Gasteiger partial charge in [-0.1, -0.05) is 0 Å². The second-order valence-electron chi connectivity index (χ2n) is 3.66. The van der Waals surface area contributed by atoms with Crippen LogP contribution in [0.3, 0.4) is 0 Å². The molecule has 0 fully saturated rings. The van der Waals surface area contributed by atoms with Gasteiger partial charge in [0.2, 0.25) is 0 Å². The number of nitrogens with one attached hydrogen (secondary N) is 1. The molecule has 0 spiro atoms.